The van der Waals surface area contributed by atoms with E-state index in [1.54, 1.807) is 42.5 Å². The molecule has 0 aromatic heterocycles. The van der Waals surface area contributed by atoms with E-state index in [1.807, 2.05) is 6.07 Å². The van der Waals surface area contributed by atoms with Gasteiger partial charge in [-0.25, -0.2) is 4.79 Å². The van der Waals surface area contributed by atoms with E-state index in [4.69, 9.17) is 22.1 Å². The largest absolute Gasteiger partial charge is 0.468 e. The summed E-state index contributed by atoms with van der Waals surface area (Å²) in [7, 11) is 1.32. The van der Waals surface area contributed by atoms with Gasteiger partial charge in [-0.3, -0.25) is 10.1 Å². The third-order valence-electron chi connectivity index (χ3n) is 3.37. The molecule has 2 aromatic rings. The minimum atomic E-state index is -0.703. The van der Waals surface area contributed by atoms with Crippen LogP contribution in [-0.4, -0.2) is 19.0 Å². The topological polar surface area (TPSA) is 81.4 Å². The fraction of sp³-hybridized carbons (Fsp3) is 0.176. The van der Waals surface area contributed by atoms with E-state index in [0.29, 0.717) is 22.7 Å². The molecule has 0 fully saturated rings. The molecule has 6 heteroatoms. The van der Waals surface area contributed by atoms with Gasteiger partial charge in [0.15, 0.2) is 0 Å². The average Bonchev–Trinajstić information content (AvgIpc) is 2.56. The summed E-state index contributed by atoms with van der Waals surface area (Å²) in [4.78, 5) is 23.3. The van der Waals surface area contributed by atoms with Crippen LogP contribution in [-0.2, 0) is 16.1 Å². The van der Waals surface area contributed by atoms with Gasteiger partial charge in [0.1, 0.15) is 6.04 Å². The molecule has 23 heavy (non-hydrogen) atoms. The van der Waals surface area contributed by atoms with Crippen molar-refractivity contribution in [3.05, 3.63) is 70.2 Å². The van der Waals surface area contributed by atoms with E-state index in [1.165, 1.54) is 7.11 Å². The third-order valence-corrected chi connectivity index (χ3v) is 3.72. The summed E-state index contributed by atoms with van der Waals surface area (Å²) in [5, 5.41) is 3.57. The van der Waals surface area contributed by atoms with Crippen molar-refractivity contribution in [2.45, 2.75) is 12.6 Å². The van der Waals surface area contributed by atoms with Crippen molar-refractivity contribution in [3.63, 3.8) is 0 Å². The van der Waals surface area contributed by atoms with Gasteiger partial charge in [-0.15, -0.1) is 0 Å². The molecule has 1 atom stereocenters. The Bertz CT molecular complexity index is 718. The molecule has 120 valence electrons. The number of carbonyl (C=O) groups excluding carboxylic acids is 2. The van der Waals surface area contributed by atoms with Crippen molar-refractivity contribution in [1.82, 2.24) is 5.32 Å². The van der Waals surface area contributed by atoms with E-state index in [-0.39, 0.29) is 0 Å². The number of hydrogen-bond acceptors (Lipinski definition) is 4. The van der Waals surface area contributed by atoms with Gasteiger partial charge >= 0.3 is 5.97 Å². The van der Waals surface area contributed by atoms with Crippen molar-refractivity contribution in [3.8, 4) is 0 Å². The zero-order valence-electron chi connectivity index (χ0n) is 12.6. The molecular formula is C17H17ClN2O3. The highest BCUT2D eigenvalue weighted by molar-refractivity contribution is 6.31. The first-order chi connectivity index (χ1) is 11.0. The maximum Gasteiger partial charge on any atom is 0.327 e. The average molecular weight is 333 g/mol. The number of primary amides is 1. The van der Waals surface area contributed by atoms with Crippen molar-refractivity contribution in [1.29, 1.82) is 0 Å². The summed E-state index contributed by atoms with van der Waals surface area (Å²) in [5.74, 6) is -0.938. The molecule has 0 saturated carbocycles. The number of benzene rings is 2. The molecule has 1 amide bonds. The Hall–Kier alpha value is -2.37. The van der Waals surface area contributed by atoms with Crippen LogP contribution in [0.2, 0.25) is 5.02 Å². The number of esters is 1. The second kappa shape index (κ2) is 7.76. The van der Waals surface area contributed by atoms with Gasteiger partial charge in [0.25, 0.3) is 0 Å². The van der Waals surface area contributed by atoms with Crippen LogP contribution in [0.4, 0.5) is 0 Å². The predicted octanol–water partition coefficient (Wildman–Crippen LogP) is 2.44. The zero-order valence-corrected chi connectivity index (χ0v) is 13.3. The Morgan fingerprint density at radius 1 is 1.22 bits per heavy atom. The minimum absolute atomic E-state index is 0.353. The standard InChI is InChI=1S/C17H17ClN2O3/c1-23-17(22)15(13-7-2-3-8-14(13)18)20-10-11-5-4-6-12(9-11)16(19)21/h2-9,15,20H,10H2,1H3,(H2,19,21)/t15-/m1/s1. The zero-order chi connectivity index (χ0) is 16.8. The smallest absolute Gasteiger partial charge is 0.327 e. The maximum absolute atomic E-state index is 12.0. The Kier molecular flexibility index (Phi) is 5.73. The van der Waals surface area contributed by atoms with Gasteiger partial charge in [-0.1, -0.05) is 41.9 Å². The molecule has 0 saturated heterocycles. The molecule has 0 heterocycles. The first kappa shape index (κ1) is 17.0. The van der Waals surface area contributed by atoms with Gasteiger partial charge in [-0.2, -0.15) is 0 Å². The van der Waals surface area contributed by atoms with Crippen LogP contribution in [0.3, 0.4) is 0 Å². The summed E-state index contributed by atoms with van der Waals surface area (Å²) in [6.07, 6.45) is 0. The monoisotopic (exact) mass is 332 g/mol. The molecule has 0 aliphatic heterocycles. The van der Waals surface area contributed by atoms with Crippen molar-refractivity contribution in [2.24, 2.45) is 5.73 Å². The fourth-order valence-electron chi connectivity index (χ4n) is 2.20. The van der Waals surface area contributed by atoms with Gasteiger partial charge in [0, 0.05) is 17.1 Å². The minimum Gasteiger partial charge on any atom is -0.468 e. The number of nitrogens with one attached hydrogen (secondary N) is 1. The van der Waals surface area contributed by atoms with Crippen molar-refractivity contribution < 1.29 is 14.3 Å². The highest BCUT2D eigenvalue weighted by Crippen LogP contribution is 2.24. The molecule has 0 aliphatic rings. The van der Waals surface area contributed by atoms with E-state index < -0.39 is 17.9 Å². The Morgan fingerprint density at radius 3 is 2.61 bits per heavy atom. The van der Waals surface area contributed by atoms with Crippen LogP contribution >= 0.6 is 11.6 Å². The number of hydrogen-bond donors (Lipinski definition) is 2. The molecule has 5 nitrogen and oxygen atoms in total. The second-order valence-corrected chi connectivity index (χ2v) is 5.33. The third kappa shape index (κ3) is 4.31. The summed E-state index contributed by atoms with van der Waals surface area (Å²) < 4.78 is 4.84. The fourth-order valence-corrected chi connectivity index (χ4v) is 2.45. The number of methoxy groups -OCH3 is 1. The van der Waals surface area contributed by atoms with Crippen molar-refractivity contribution in [2.75, 3.05) is 7.11 Å². The van der Waals surface area contributed by atoms with Crippen LogP contribution in [0.5, 0.6) is 0 Å². The highest BCUT2D eigenvalue weighted by atomic mass is 35.5. The lowest BCUT2D eigenvalue weighted by Gasteiger charge is -2.18. The first-order valence-corrected chi connectivity index (χ1v) is 7.35. The highest BCUT2D eigenvalue weighted by Gasteiger charge is 2.23. The maximum atomic E-state index is 12.0. The van der Waals surface area contributed by atoms with E-state index in [9.17, 15) is 9.59 Å². The summed E-state index contributed by atoms with van der Waals surface area (Å²) in [5.41, 5.74) is 7.14. The molecule has 0 unspecified atom stereocenters. The summed E-state index contributed by atoms with van der Waals surface area (Å²) >= 11 is 6.16. The van der Waals surface area contributed by atoms with Gasteiger partial charge < -0.3 is 10.5 Å². The summed E-state index contributed by atoms with van der Waals surface area (Å²) in [6, 6.07) is 13.2. The molecule has 3 N–H and O–H groups in total. The molecular weight excluding hydrogens is 316 g/mol. The van der Waals surface area contributed by atoms with Crippen LogP contribution in [0, 0.1) is 0 Å². The molecule has 0 aliphatic carbocycles. The lowest BCUT2D eigenvalue weighted by molar-refractivity contribution is -0.143. The lowest BCUT2D eigenvalue weighted by Crippen LogP contribution is -2.29. The van der Waals surface area contributed by atoms with E-state index in [2.05, 4.69) is 5.32 Å². The van der Waals surface area contributed by atoms with Crippen molar-refractivity contribution >= 4 is 23.5 Å². The van der Waals surface area contributed by atoms with E-state index in [0.717, 1.165) is 5.56 Å². The van der Waals surface area contributed by atoms with Gasteiger partial charge in [0.2, 0.25) is 5.91 Å². The number of carbonyl (C=O) groups is 2. The van der Waals surface area contributed by atoms with E-state index >= 15 is 0 Å². The van der Waals surface area contributed by atoms with Crippen LogP contribution in [0.1, 0.15) is 27.5 Å². The summed E-state index contributed by atoms with van der Waals surface area (Å²) in [6.45, 7) is 0.353. The van der Waals surface area contributed by atoms with Crippen LogP contribution < -0.4 is 11.1 Å². The predicted molar refractivity (Wildman–Crippen MR) is 88.0 cm³/mol. The first-order valence-electron chi connectivity index (χ1n) is 6.97. The number of halogens is 1. The molecule has 2 rings (SSSR count). The number of ether oxygens (including phenoxy) is 1. The SMILES string of the molecule is COC(=O)[C@H](NCc1cccc(C(N)=O)c1)c1ccccc1Cl. The Labute approximate surface area is 139 Å². The van der Waals surface area contributed by atoms with Crippen LogP contribution in [0.15, 0.2) is 48.5 Å². The quantitative estimate of drug-likeness (QED) is 0.796. The normalized spacial score (nSPS) is 11.7. The van der Waals surface area contributed by atoms with Gasteiger partial charge in [-0.05, 0) is 29.3 Å². The number of rotatable bonds is 6. The molecule has 0 spiro atoms. The number of nitrogens with two attached hydrogens (primary N) is 1. The lowest BCUT2D eigenvalue weighted by atomic mass is 10.1. The second-order valence-electron chi connectivity index (χ2n) is 4.92. The van der Waals surface area contributed by atoms with Gasteiger partial charge in [0.05, 0.1) is 7.11 Å². The molecule has 0 bridgehead atoms. The Balaban J connectivity index is 2.20. The molecule has 2 aromatic carbocycles. The Morgan fingerprint density at radius 2 is 1.96 bits per heavy atom. The van der Waals surface area contributed by atoms with Crippen LogP contribution in [0.25, 0.3) is 0 Å². The molecule has 0 radical (unpaired) electrons. The number of amides is 1.